The molecule has 7 nitrogen and oxygen atoms in total. The van der Waals surface area contributed by atoms with Crippen LogP contribution in [0.15, 0.2) is 119 Å². The Kier molecular flexibility index (Phi) is 11.3. The number of hydrogen-bond acceptors (Lipinski definition) is 6. The van der Waals surface area contributed by atoms with Gasteiger partial charge in [0.25, 0.3) is 5.91 Å². The van der Waals surface area contributed by atoms with Crippen LogP contribution >= 0.6 is 34.5 Å². The van der Waals surface area contributed by atoms with Crippen molar-refractivity contribution >= 4 is 60.7 Å². The second kappa shape index (κ2) is 15.7. The highest BCUT2D eigenvalue weighted by atomic mass is 35.5. The first-order chi connectivity index (χ1) is 24.4. The van der Waals surface area contributed by atoms with E-state index in [9.17, 15) is 22.7 Å². The van der Waals surface area contributed by atoms with Gasteiger partial charge in [0, 0.05) is 32.6 Å². The fraction of sp³-hybridized carbons (Fsp3) is 0.231. The van der Waals surface area contributed by atoms with E-state index >= 15 is 0 Å². The van der Waals surface area contributed by atoms with E-state index in [0.717, 1.165) is 26.9 Å². The van der Waals surface area contributed by atoms with Gasteiger partial charge in [-0.05, 0) is 64.1 Å². The van der Waals surface area contributed by atoms with Gasteiger partial charge in [0.1, 0.15) is 16.5 Å². The Labute approximate surface area is 311 Å². The zero-order valence-electron chi connectivity index (χ0n) is 28.0. The van der Waals surface area contributed by atoms with E-state index in [-0.39, 0.29) is 47.1 Å². The van der Waals surface area contributed by atoms with Crippen molar-refractivity contribution in [3.8, 4) is 11.1 Å². The van der Waals surface area contributed by atoms with Crippen molar-refractivity contribution in [1.29, 1.82) is 0 Å². The van der Waals surface area contributed by atoms with Gasteiger partial charge in [-0.15, -0.1) is 22.9 Å². The molecule has 1 heterocycles. The molecule has 0 bridgehead atoms. The summed E-state index contributed by atoms with van der Waals surface area (Å²) in [5.74, 6) is -0.816. The lowest BCUT2D eigenvalue weighted by Crippen LogP contribution is -2.34. The highest BCUT2D eigenvalue weighted by Gasteiger charge is 2.34. The van der Waals surface area contributed by atoms with Crippen LogP contribution in [0.25, 0.3) is 21.3 Å². The third-order valence-electron chi connectivity index (χ3n) is 8.38. The number of rotatable bonds is 12. The monoisotopic (exact) mass is 763 g/mol. The van der Waals surface area contributed by atoms with E-state index in [2.05, 4.69) is 4.98 Å². The Morgan fingerprint density at radius 2 is 1.55 bits per heavy atom. The molecule has 1 amide bonds. The number of sulfonamides is 1. The molecule has 0 fully saturated rings. The van der Waals surface area contributed by atoms with Crippen molar-refractivity contribution in [2.75, 3.05) is 6.54 Å². The smallest absolute Gasteiger partial charge is 0.283 e. The number of hydrogen-bond donors (Lipinski definition) is 1. The van der Waals surface area contributed by atoms with Gasteiger partial charge in [0.05, 0.1) is 20.6 Å². The van der Waals surface area contributed by atoms with E-state index < -0.39 is 21.2 Å². The number of nitrogens with zero attached hydrogens (tertiary/aromatic N) is 3. The van der Waals surface area contributed by atoms with Crippen LogP contribution in [0.5, 0.6) is 0 Å². The van der Waals surface area contributed by atoms with Crippen molar-refractivity contribution in [2.24, 2.45) is 5.92 Å². The molecule has 0 saturated carbocycles. The highest BCUT2D eigenvalue weighted by molar-refractivity contribution is 7.93. The number of aliphatic hydroxyl groups excluding tert-OH is 1. The normalized spacial score (nSPS) is 15.1. The summed E-state index contributed by atoms with van der Waals surface area (Å²) in [4.78, 5) is 19.8. The Hall–Kier alpha value is -4.06. The van der Waals surface area contributed by atoms with E-state index in [1.54, 1.807) is 17.0 Å². The maximum Gasteiger partial charge on any atom is 0.283 e. The van der Waals surface area contributed by atoms with Gasteiger partial charge in [-0.25, -0.2) is 17.8 Å². The van der Waals surface area contributed by atoms with Crippen LogP contribution in [0.3, 0.4) is 0 Å². The quantitative estimate of drug-likeness (QED) is 0.128. The summed E-state index contributed by atoms with van der Waals surface area (Å²) in [6, 6.07) is 28.6. The van der Waals surface area contributed by atoms with Crippen LogP contribution < -0.4 is 0 Å². The Balaban J connectivity index is 1.29. The number of allylic oxidation sites excluding steroid dienone is 2. The summed E-state index contributed by atoms with van der Waals surface area (Å²) in [5.41, 5.74) is 4.65. The molecule has 4 aromatic carbocycles. The van der Waals surface area contributed by atoms with E-state index in [1.807, 2.05) is 86.6 Å². The van der Waals surface area contributed by atoms with Gasteiger partial charge < -0.3 is 10.0 Å². The van der Waals surface area contributed by atoms with Crippen molar-refractivity contribution in [3.05, 3.63) is 146 Å². The SMILES string of the molecule is CC(C)CN(Cc1cccc(CN(Cc2ccc(-c3ccc(F)cc3)cc2)S(=O)(=O)C2=CC(Cl)CC(Cl)=C2O)c1)C(=O)c1nc2ccccc2s1. The predicted octanol–water partition coefficient (Wildman–Crippen LogP) is 9.64. The number of amides is 1. The number of aromatic nitrogens is 1. The lowest BCUT2D eigenvalue weighted by molar-refractivity contribution is 0.0722. The molecule has 1 aliphatic rings. The molecule has 1 atom stereocenters. The van der Waals surface area contributed by atoms with Crippen molar-refractivity contribution in [1.82, 2.24) is 14.2 Å². The highest BCUT2D eigenvalue weighted by Crippen LogP contribution is 2.35. The molecule has 0 aliphatic heterocycles. The Bertz CT molecular complexity index is 2190. The predicted molar refractivity (Wildman–Crippen MR) is 203 cm³/mol. The van der Waals surface area contributed by atoms with Crippen LogP contribution in [0, 0.1) is 11.7 Å². The van der Waals surface area contributed by atoms with Crippen LogP contribution in [0.1, 0.15) is 46.8 Å². The number of alkyl halides is 1. The molecule has 0 spiro atoms. The zero-order valence-corrected chi connectivity index (χ0v) is 31.1. The molecule has 51 heavy (non-hydrogen) atoms. The molecule has 0 radical (unpaired) electrons. The molecule has 0 saturated heterocycles. The standard InChI is InChI=1S/C39H36Cl2FN3O4S2/c1-25(2)21-44(39(47)38-43-34-8-3-4-9-35(34)50-38)22-27-6-5-7-28(18-27)24-45(51(48,49)36-20-31(40)19-33(41)37(36)46)23-26-10-12-29(13-11-26)30-14-16-32(42)17-15-30/h3-18,20,25,31,46H,19,21-24H2,1-2H3. The van der Waals surface area contributed by atoms with Crippen molar-refractivity contribution < 1.29 is 22.7 Å². The topological polar surface area (TPSA) is 90.8 Å². The zero-order chi connectivity index (χ0) is 36.3. The minimum absolute atomic E-state index is 0.0234. The van der Waals surface area contributed by atoms with Gasteiger partial charge >= 0.3 is 0 Å². The lowest BCUT2D eigenvalue weighted by atomic mass is 10.0. The molecule has 5 aromatic rings. The second-order valence-corrected chi connectivity index (χ2v) is 16.8. The maximum absolute atomic E-state index is 14.3. The molecule has 1 aliphatic carbocycles. The number of halogens is 3. The average molecular weight is 765 g/mol. The molecular weight excluding hydrogens is 728 g/mol. The number of fused-ring (bicyclic) bond motifs is 1. The van der Waals surface area contributed by atoms with Crippen molar-refractivity contribution in [3.63, 3.8) is 0 Å². The molecule has 12 heteroatoms. The minimum Gasteiger partial charge on any atom is -0.505 e. The maximum atomic E-state index is 14.3. The summed E-state index contributed by atoms with van der Waals surface area (Å²) in [5, 5.41) is 10.5. The summed E-state index contributed by atoms with van der Waals surface area (Å²) in [6.45, 7) is 4.84. The van der Waals surface area contributed by atoms with Crippen LogP contribution in [-0.2, 0) is 29.7 Å². The summed E-state index contributed by atoms with van der Waals surface area (Å²) >= 11 is 13.9. The fourth-order valence-electron chi connectivity index (χ4n) is 5.93. The van der Waals surface area contributed by atoms with E-state index in [4.69, 9.17) is 23.2 Å². The minimum atomic E-state index is -4.31. The summed E-state index contributed by atoms with van der Waals surface area (Å²) in [7, 11) is -4.31. The number of thiazole rings is 1. The van der Waals surface area contributed by atoms with E-state index in [0.29, 0.717) is 29.2 Å². The third-order valence-corrected chi connectivity index (χ3v) is 11.8. The lowest BCUT2D eigenvalue weighted by Gasteiger charge is -2.27. The van der Waals surface area contributed by atoms with Gasteiger partial charge in [-0.2, -0.15) is 4.31 Å². The number of carbonyl (C=O) groups excluding carboxylic acids is 1. The number of aliphatic hydroxyl groups is 1. The van der Waals surface area contributed by atoms with Crippen LogP contribution in [0.2, 0.25) is 0 Å². The second-order valence-electron chi connectivity index (χ2n) is 12.9. The molecule has 264 valence electrons. The Morgan fingerprint density at radius 1 is 0.922 bits per heavy atom. The first-order valence-corrected chi connectivity index (χ1v) is 19.5. The first kappa shape index (κ1) is 36.7. The molecule has 1 unspecified atom stereocenters. The van der Waals surface area contributed by atoms with Gasteiger partial charge in [-0.1, -0.05) is 98.2 Å². The van der Waals surface area contributed by atoms with Gasteiger partial charge in [0.15, 0.2) is 5.01 Å². The first-order valence-electron chi connectivity index (χ1n) is 16.4. The van der Waals surface area contributed by atoms with Crippen molar-refractivity contribution in [2.45, 2.75) is 45.3 Å². The molecular formula is C39H36Cl2FN3O4S2. The number of carbonyl (C=O) groups is 1. The Morgan fingerprint density at radius 3 is 2.22 bits per heavy atom. The van der Waals surface area contributed by atoms with E-state index in [1.165, 1.54) is 33.9 Å². The summed E-state index contributed by atoms with van der Waals surface area (Å²) in [6.07, 6.45) is 1.43. The molecule has 6 rings (SSSR count). The van der Waals surface area contributed by atoms with Gasteiger partial charge in [-0.3, -0.25) is 4.79 Å². The summed E-state index contributed by atoms with van der Waals surface area (Å²) < 4.78 is 44.2. The van der Waals surface area contributed by atoms with Crippen LogP contribution in [0.4, 0.5) is 4.39 Å². The third kappa shape index (κ3) is 8.71. The fourth-order valence-corrected chi connectivity index (χ4v) is 9.25. The van der Waals surface area contributed by atoms with Crippen LogP contribution in [-0.4, -0.2) is 45.5 Å². The number of benzene rings is 4. The molecule has 1 aromatic heterocycles. The number of para-hydroxylation sites is 1. The largest absolute Gasteiger partial charge is 0.505 e. The van der Waals surface area contributed by atoms with Gasteiger partial charge in [0.2, 0.25) is 10.0 Å². The average Bonchev–Trinajstić information content (AvgIpc) is 3.54. The molecule has 1 N–H and O–H groups in total.